The zero-order chi connectivity index (χ0) is 24.1. The lowest BCUT2D eigenvalue weighted by atomic mass is 10.0. The number of carbonyl (C=O) groups is 2. The van der Waals surface area contributed by atoms with Crippen LogP contribution in [0.2, 0.25) is 0 Å². The van der Waals surface area contributed by atoms with Crippen LogP contribution in [0.15, 0.2) is 48.5 Å². The van der Waals surface area contributed by atoms with Gasteiger partial charge < -0.3 is 16.0 Å². The number of hydrogen-bond donors (Lipinski definition) is 2. The highest BCUT2D eigenvalue weighted by atomic mass is 19.4. The molecular formula is C21H21F6N3O2. The summed E-state index contributed by atoms with van der Waals surface area (Å²) in [7, 11) is 1.44. The Morgan fingerprint density at radius 3 is 1.84 bits per heavy atom. The summed E-state index contributed by atoms with van der Waals surface area (Å²) in [5.41, 5.74) is 4.67. The fourth-order valence-electron chi connectivity index (χ4n) is 2.81. The Kier molecular flexibility index (Phi) is 7.89. The number of carbonyl (C=O) groups excluding carboxylic acids is 2. The van der Waals surface area contributed by atoms with Crippen molar-refractivity contribution in [2.45, 2.75) is 24.8 Å². The van der Waals surface area contributed by atoms with E-state index in [1.165, 1.54) is 24.1 Å². The van der Waals surface area contributed by atoms with Gasteiger partial charge in [0.1, 0.15) is 0 Å². The van der Waals surface area contributed by atoms with E-state index in [0.29, 0.717) is 5.56 Å². The number of nitrogens with zero attached hydrogens (tertiary/aromatic N) is 1. The molecule has 0 aromatic heterocycles. The monoisotopic (exact) mass is 461 g/mol. The first-order chi connectivity index (χ1) is 14.8. The fourth-order valence-corrected chi connectivity index (χ4v) is 2.81. The van der Waals surface area contributed by atoms with Gasteiger partial charge in [-0.25, -0.2) is 0 Å². The van der Waals surface area contributed by atoms with Gasteiger partial charge in [0.2, 0.25) is 5.91 Å². The Balaban J connectivity index is 1.82. The predicted molar refractivity (Wildman–Crippen MR) is 105 cm³/mol. The predicted octanol–water partition coefficient (Wildman–Crippen LogP) is 3.48. The summed E-state index contributed by atoms with van der Waals surface area (Å²) in [6, 6.07) is 7.01. The van der Waals surface area contributed by atoms with Crippen LogP contribution in [0.5, 0.6) is 0 Å². The van der Waals surface area contributed by atoms with Crippen LogP contribution in [-0.2, 0) is 23.6 Å². The van der Waals surface area contributed by atoms with Crippen LogP contribution < -0.4 is 11.1 Å². The average Bonchev–Trinajstić information content (AvgIpc) is 2.72. The molecule has 2 aromatic carbocycles. The summed E-state index contributed by atoms with van der Waals surface area (Å²) < 4.78 is 75.5. The summed E-state index contributed by atoms with van der Waals surface area (Å²) in [6.07, 6.45) is -8.93. The average molecular weight is 461 g/mol. The highest BCUT2D eigenvalue weighted by molar-refractivity contribution is 5.94. The van der Waals surface area contributed by atoms with Gasteiger partial charge in [0.25, 0.3) is 5.91 Å². The van der Waals surface area contributed by atoms with E-state index in [1.807, 2.05) is 0 Å². The van der Waals surface area contributed by atoms with Crippen molar-refractivity contribution in [1.82, 2.24) is 10.2 Å². The molecule has 0 saturated carbocycles. The maximum Gasteiger partial charge on any atom is 0.416 e. The van der Waals surface area contributed by atoms with Crippen molar-refractivity contribution in [1.29, 1.82) is 0 Å². The summed E-state index contributed by atoms with van der Waals surface area (Å²) >= 11 is 0. The zero-order valence-corrected chi connectivity index (χ0v) is 16.9. The number of rotatable bonds is 7. The van der Waals surface area contributed by atoms with Crippen molar-refractivity contribution in [3.63, 3.8) is 0 Å². The topological polar surface area (TPSA) is 75.4 Å². The molecule has 3 N–H and O–H groups in total. The van der Waals surface area contributed by atoms with E-state index < -0.39 is 41.3 Å². The molecule has 174 valence electrons. The van der Waals surface area contributed by atoms with Crippen LogP contribution in [0.25, 0.3) is 0 Å². The van der Waals surface area contributed by atoms with Gasteiger partial charge in [-0.3, -0.25) is 9.59 Å². The second-order valence-electron chi connectivity index (χ2n) is 7.10. The van der Waals surface area contributed by atoms with E-state index in [0.717, 1.165) is 36.4 Å². The molecule has 2 aromatic rings. The number of likely N-dealkylation sites (N-methyl/N-ethyl adjacent to an activating group) is 1. The van der Waals surface area contributed by atoms with Gasteiger partial charge in [0.05, 0.1) is 17.2 Å². The van der Waals surface area contributed by atoms with Gasteiger partial charge in [0.15, 0.2) is 0 Å². The molecule has 5 nitrogen and oxygen atoms in total. The number of hydrogen-bond acceptors (Lipinski definition) is 3. The van der Waals surface area contributed by atoms with Gasteiger partial charge in [-0.15, -0.1) is 0 Å². The third-order valence-corrected chi connectivity index (χ3v) is 4.64. The number of nitrogens with two attached hydrogens (primary N) is 1. The highest BCUT2D eigenvalue weighted by Gasteiger charge is 2.31. The molecule has 0 aliphatic rings. The van der Waals surface area contributed by atoms with Crippen LogP contribution in [-0.4, -0.2) is 42.9 Å². The Bertz CT molecular complexity index is 925. The fraction of sp³-hybridized carbons (Fsp3) is 0.333. The standard InChI is InChI=1S/C21H21F6N3O2/c1-30(11-10-29-18(31)14-4-8-16(9-5-14)21(25,26)27)19(32)17(28)12-13-2-6-15(7-3-13)20(22,23)24/h2-9,17H,10-12,28H2,1H3,(H,29,31). The maximum absolute atomic E-state index is 12.6. The Labute approximate surface area is 180 Å². The number of alkyl halides is 6. The molecular weight excluding hydrogens is 440 g/mol. The van der Waals surface area contributed by atoms with Crippen LogP contribution >= 0.6 is 0 Å². The summed E-state index contributed by atoms with van der Waals surface area (Å²) in [6.45, 7) is 0.0982. The van der Waals surface area contributed by atoms with Crippen molar-refractivity contribution >= 4 is 11.8 Å². The van der Waals surface area contributed by atoms with Gasteiger partial charge in [-0.1, -0.05) is 12.1 Å². The molecule has 0 heterocycles. The molecule has 0 spiro atoms. The molecule has 2 rings (SSSR count). The quantitative estimate of drug-likeness (QED) is 0.620. The van der Waals surface area contributed by atoms with Crippen LogP contribution in [0.4, 0.5) is 26.3 Å². The lowest BCUT2D eigenvalue weighted by molar-refractivity contribution is -0.138. The number of nitrogens with one attached hydrogen (secondary N) is 1. The minimum atomic E-state index is -4.50. The summed E-state index contributed by atoms with van der Waals surface area (Å²) in [5, 5.41) is 2.49. The van der Waals surface area contributed by atoms with Crippen LogP contribution in [0.3, 0.4) is 0 Å². The Morgan fingerprint density at radius 2 is 1.38 bits per heavy atom. The van der Waals surface area contributed by atoms with Gasteiger partial charge >= 0.3 is 12.4 Å². The second kappa shape index (κ2) is 10.0. The summed E-state index contributed by atoms with van der Waals surface area (Å²) in [4.78, 5) is 25.6. The van der Waals surface area contributed by atoms with E-state index in [9.17, 15) is 35.9 Å². The highest BCUT2D eigenvalue weighted by Crippen LogP contribution is 2.30. The minimum absolute atomic E-state index is 0.0229. The van der Waals surface area contributed by atoms with Crippen LogP contribution in [0, 0.1) is 0 Å². The summed E-state index contributed by atoms with van der Waals surface area (Å²) in [5.74, 6) is -1.08. The Hall–Kier alpha value is -3.08. The maximum atomic E-state index is 12.6. The molecule has 0 saturated heterocycles. The van der Waals surface area contributed by atoms with E-state index in [4.69, 9.17) is 5.73 Å². The molecule has 0 aliphatic carbocycles. The zero-order valence-electron chi connectivity index (χ0n) is 16.9. The Morgan fingerprint density at radius 1 is 0.906 bits per heavy atom. The van der Waals surface area contributed by atoms with Crippen molar-refractivity contribution in [2.24, 2.45) is 5.73 Å². The van der Waals surface area contributed by atoms with Crippen molar-refractivity contribution in [3.05, 3.63) is 70.8 Å². The molecule has 11 heteroatoms. The molecule has 0 aliphatic heterocycles. The molecule has 2 amide bonds. The smallest absolute Gasteiger partial charge is 0.350 e. The van der Waals surface area contributed by atoms with E-state index >= 15 is 0 Å². The molecule has 1 atom stereocenters. The minimum Gasteiger partial charge on any atom is -0.350 e. The molecule has 32 heavy (non-hydrogen) atoms. The normalized spacial score (nSPS) is 12.9. The SMILES string of the molecule is CN(CCNC(=O)c1ccc(C(F)(F)F)cc1)C(=O)C(N)Cc1ccc(C(F)(F)F)cc1. The molecule has 1 unspecified atom stereocenters. The van der Waals surface area contributed by atoms with E-state index in [2.05, 4.69) is 5.32 Å². The molecule has 0 fully saturated rings. The lowest BCUT2D eigenvalue weighted by Gasteiger charge is -2.21. The first kappa shape index (κ1) is 25.2. The van der Waals surface area contributed by atoms with Gasteiger partial charge in [-0.2, -0.15) is 26.3 Å². The number of benzene rings is 2. The van der Waals surface area contributed by atoms with Crippen LogP contribution in [0.1, 0.15) is 27.0 Å². The third-order valence-electron chi connectivity index (χ3n) is 4.64. The first-order valence-corrected chi connectivity index (χ1v) is 9.41. The largest absolute Gasteiger partial charge is 0.416 e. The van der Waals surface area contributed by atoms with Crippen molar-refractivity contribution in [2.75, 3.05) is 20.1 Å². The molecule has 0 bridgehead atoms. The first-order valence-electron chi connectivity index (χ1n) is 9.41. The van der Waals surface area contributed by atoms with Crippen molar-refractivity contribution < 1.29 is 35.9 Å². The molecule has 0 radical (unpaired) electrons. The van der Waals surface area contributed by atoms with Gasteiger partial charge in [-0.05, 0) is 48.4 Å². The second-order valence-corrected chi connectivity index (χ2v) is 7.10. The number of amides is 2. The third kappa shape index (κ3) is 6.98. The van der Waals surface area contributed by atoms with Crippen molar-refractivity contribution in [3.8, 4) is 0 Å². The number of halogens is 6. The van der Waals surface area contributed by atoms with E-state index in [1.54, 1.807) is 0 Å². The van der Waals surface area contributed by atoms with Gasteiger partial charge in [0, 0.05) is 25.7 Å². The lowest BCUT2D eigenvalue weighted by Crippen LogP contribution is -2.45. The van der Waals surface area contributed by atoms with E-state index in [-0.39, 0.29) is 25.1 Å².